The van der Waals surface area contributed by atoms with Gasteiger partial charge in [0.1, 0.15) is 12.7 Å². The number of benzene rings is 2. The minimum atomic E-state index is -4.48. The van der Waals surface area contributed by atoms with Gasteiger partial charge in [0.2, 0.25) is 0 Å². The summed E-state index contributed by atoms with van der Waals surface area (Å²) in [5.41, 5.74) is 0.692. The van der Waals surface area contributed by atoms with Gasteiger partial charge in [-0.25, -0.2) is 9.67 Å². The number of ketones is 1. The number of hydrogen-bond acceptors (Lipinski definition) is 3. The van der Waals surface area contributed by atoms with Gasteiger partial charge < -0.3 is 0 Å². The highest BCUT2D eigenvalue weighted by atomic mass is 19.4. The van der Waals surface area contributed by atoms with Crippen LogP contribution in [0.4, 0.5) is 13.2 Å². The molecule has 4 nitrogen and oxygen atoms in total. The van der Waals surface area contributed by atoms with Crippen molar-refractivity contribution < 1.29 is 18.0 Å². The van der Waals surface area contributed by atoms with Crippen molar-refractivity contribution in [3.8, 4) is 5.69 Å². The van der Waals surface area contributed by atoms with Crippen molar-refractivity contribution in [2.24, 2.45) is 0 Å². The van der Waals surface area contributed by atoms with Gasteiger partial charge in [-0.15, -0.1) is 0 Å². The number of carbonyl (C=O) groups excluding carboxylic acids is 1. The van der Waals surface area contributed by atoms with Gasteiger partial charge in [0.25, 0.3) is 0 Å². The van der Waals surface area contributed by atoms with Gasteiger partial charge >= 0.3 is 6.18 Å². The van der Waals surface area contributed by atoms with Crippen LogP contribution in [-0.2, 0) is 6.18 Å². The Labute approximate surface area is 141 Å². The summed E-state index contributed by atoms with van der Waals surface area (Å²) in [6.07, 6.45) is 1.30. The Morgan fingerprint density at radius 3 is 2.48 bits per heavy atom. The first-order valence-corrected chi connectivity index (χ1v) is 7.28. The summed E-state index contributed by atoms with van der Waals surface area (Å²) in [5.74, 6) is -0.494. The van der Waals surface area contributed by atoms with Crippen molar-refractivity contribution in [1.29, 1.82) is 0 Å². The van der Waals surface area contributed by atoms with Crippen molar-refractivity contribution in [2.45, 2.75) is 6.18 Å². The third-order valence-electron chi connectivity index (χ3n) is 3.48. The SMILES string of the molecule is O=C(C=Cc1ccc(-n2cncn2)cc1)c1cccc(C(F)(F)F)c1. The van der Waals surface area contributed by atoms with Crippen LogP contribution in [-0.4, -0.2) is 20.5 Å². The molecule has 7 heteroatoms. The summed E-state index contributed by atoms with van der Waals surface area (Å²) in [7, 11) is 0. The van der Waals surface area contributed by atoms with E-state index in [-0.39, 0.29) is 5.56 Å². The fourth-order valence-corrected chi connectivity index (χ4v) is 2.20. The smallest absolute Gasteiger partial charge is 0.289 e. The molecule has 0 saturated heterocycles. The highest BCUT2D eigenvalue weighted by Gasteiger charge is 2.30. The molecule has 3 rings (SSSR count). The molecule has 0 aliphatic rings. The number of rotatable bonds is 4. The van der Waals surface area contributed by atoms with E-state index in [4.69, 9.17) is 0 Å². The third-order valence-corrected chi connectivity index (χ3v) is 3.48. The number of allylic oxidation sites excluding steroid dienone is 1. The summed E-state index contributed by atoms with van der Waals surface area (Å²) < 4.78 is 39.7. The molecule has 1 heterocycles. The second kappa shape index (κ2) is 6.72. The molecule has 0 atom stereocenters. The van der Waals surface area contributed by atoms with Crippen molar-refractivity contribution in [3.05, 3.63) is 84.0 Å². The summed E-state index contributed by atoms with van der Waals surface area (Å²) in [6, 6.07) is 11.5. The maximum Gasteiger partial charge on any atom is 0.416 e. The van der Waals surface area contributed by atoms with E-state index in [1.165, 1.54) is 24.5 Å². The van der Waals surface area contributed by atoms with Crippen LogP contribution in [0.3, 0.4) is 0 Å². The van der Waals surface area contributed by atoms with E-state index in [0.29, 0.717) is 0 Å². The average molecular weight is 343 g/mol. The summed E-state index contributed by atoms with van der Waals surface area (Å²) >= 11 is 0. The second-order valence-electron chi connectivity index (χ2n) is 5.21. The number of halogens is 3. The predicted octanol–water partition coefficient (Wildman–Crippen LogP) is 4.18. The predicted molar refractivity (Wildman–Crippen MR) is 86.2 cm³/mol. The molecule has 2 aromatic carbocycles. The van der Waals surface area contributed by atoms with Crippen molar-refractivity contribution in [3.63, 3.8) is 0 Å². The molecule has 0 unspecified atom stereocenters. The van der Waals surface area contributed by atoms with E-state index >= 15 is 0 Å². The lowest BCUT2D eigenvalue weighted by Crippen LogP contribution is -2.06. The van der Waals surface area contributed by atoms with E-state index in [1.807, 2.05) is 0 Å². The molecule has 25 heavy (non-hydrogen) atoms. The highest BCUT2D eigenvalue weighted by molar-refractivity contribution is 6.06. The Bertz CT molecular complexity index is 898. The molecule has 126 valence electrons. The van der Waals surface area contributed by atoms with E-state index in [0.717, 1.165) is 23.4 Å². The van der Waals surface area contributed by atoms with Gasteiger partial charge in [-0.2, -0.15) is 18.3 Å². The zero-order valence-electron chi connectivity index (χ0n) is 12.8. The van der Waals surface area contributed by atoms with Gasteiger partial charge in [0.05, 0.1) is 11.3 Å². The molecule has 0 radical (unpaired) electrons. The summed E-state index contributed by atoms with van der Waals surface area (Å²) in [6.45, 7) is 0. The maximum absolute atomic E-state index is 12.7. The van der Waals surface area contributed by atoms with Gasteiger partial charge in [0, 0.05) is 5.56 Å². The minimum absolute atomic E-state index is 0.00897. The third kappa shape index (κ3) is 4.00. The summed E-state index contributed by atoms with van der Waals surface area (Å²) in [5, 5.41) is 4.00. The van der Waals surface area contributed by atoms with Crippen molar-refractivity contribution in [1.82, 2.24) is 14.8 Å². The number of aromatic nitrogens is 3. The Hall–Kier alpha value is -3.22. The number of alkyl halides is 3. The van der Waals surface area contributed by atoms with Crippen LogP contribution < -0.4 is 0 Å². The Morgan fingerprint density at radius 2 is 1.84 bits per heavy atom. The lowest BCUT2D eigenvalue weighted by Gasteiger charge is -2.07. The van der Waals surface area contributed by atoms with E-state index in [1.54, 1.807) is 41.4 Å². The fraction of sp³-hybridized carbons (Fsp3) is 0.0556. The molecule has 0 spiro atoms. The topological polar surface area (TPSA) is 47.8 Å². The molecule has 0 bridgehead atoms. The van der Waals surface area contributed by atoms with Crippen molar-refractivity contribution in [2.75, 3.05) is 0 Å². The molecule has 3 aromatic rings. The first-order valence-electron chi connectivity index (χ1n) is 7.28. The highest BCUT2D eigenvalue weighted by Crippen LogP contribution is 2.29. The van der Waals surface area contributed by atoms with Crippen LogP contribution in [0.1, 0.15) is 21.5 Å². The quantitative estimate of drug-likeness (QED) is 0.527. The van der Waals surface area contributed by atoms with Gasteiger partial charge in [-0.1, -0.05) is 30.3 Å². The standard InChI is InChI=1S/C18H12F3N3O/c19-18(20,21)15-3-1-2-14(10-15)17(25)9-6-13-4-7-16(8-5-13)24-12-22-11-23-24/h1-12H. The van der Waals surface area contributed by atoms with Crippen LogP contribution >= 0.6 is 0 Å². The van der Waals surface area contributed by atoms with E-state index < -0.39 is 17.5 Å². The van der Waals surface area contributed by atoms with Crippen LogP contribution in [0.2, 0.25) is 0 Å². The van der Waals surface area contributed by atoms with Crippen LogP contribution in [0.25, 0.3) is 11.8 Å². The lowest BCUT2D eigenvalue weighted by atomic mass is 10.1. The molecule has 0 amide bonds. The van der Waals surface area contributed by atoms with E-state index in [2.05, 4.69) is 10.1 Å². The first kappa shape index (κ1) is 16.6. The lowest BCUT2D eigenvalue weighted by molar-refractivity contribution is -0.137. The number of hydrogen-bond donors (Lipinski definition) is 0. The van der Waals surface area contributed by atoms with Crippen LogP contribution in [0, 0.1) is 0 Å². The van der Waals surface area contributed by atoms with Gasteiger partial charge in [-0.3, -0.25) is 4.79 Å². The van der Waals surface area contributed by atoms with Gasteiger partial charge in [-0.05, 0) is 35.9 Å². The minimum Gasteiger partial charge on any atom is -0.289 e. The Balaban J connectivity index is 1.74. The molecule has 0 saturated carbocycles. The van der Waals surface area contributed by atoms with E-state index in [9.17, 15) is 18.0 Å². The molecule has 0 N–H and O–H groups in total. The monoisotopic (exact) mass is 343 g/mol. The Kier molecular flexibility index (Phi) is 4.47. The largest absolute Gasteiger partial charge is 0.416 e. The van der Waals surface area contributed by atoms with Crippen LogP contribution in [0.5, 0.6) is 0 Å². The molecular weight excluding hydrogens is 331 g/mol. The Morgan fingerprint density at radius 1 is 1.08 bits per heavy atom. The molecule has 0 fully saturated rings. The number of carbonyl (C=O) groups is 1. The fourth-order valence-electron chi connectivity index (χ4n) is 2.20. The molecular formula is C18H12F3N3O. The first-order chi connectivity index (χ1) is 11.9. The van der Waals surface area contributed by atoms with Crippen LogP contribution in [0.15, 0.2) is 67.3 Å². The van der Waals surface area contributed by atoms with Gasteiger partial charge in [0.15, 0.2) is 5.78 Å². The summed E-state index contributed by atoms with van der Waals surface area (Å²) in [4.78, 5) is 15.9. The number of nitrogens with zero attached hydrogens (tertiary/aromatic N) is 3. The normalized spacial score (nSPS) is 11.8. The zero-order chi connectivity index (χ0) is 17.9. The van der Waals surface area contributed by atoms with Crippen molar-refractivity contribution >= 4 is 11.9 Å². The average Bonchev–Trinajstić information content (AvgIpc) is 3.14. The molecule has 1 aromatic heterocycles. The zero-order valence-corrected chi connectivity index (χ0v) is 12.8. The maximum atomic E-state index is 12.7. The molecule has 0 aliphatic carbocycles. The molecule has 0 aliphatic heterocycles. The second-order valence-corrected chi connectivity index (χ2v) is 5.21.